The first-order valence-electron chi connectivity index (χ1n) is 6.06. The molecule has 2 N–H and O–H groups in total. The number of hydrogen-bond acceptors (Lipinski definition) is 5. The van der Waals surface area contributed by atoms with Crippen molar-refractivity contribution in [2.45, 2.75) is 20.4 Å². The van der Waals surface area contributed by atoms with E-state index >= 15 is 0 Å². The van der Waals surface area contributed by atoms with Gasteiger partial charge in [0.1, 0.15) is 5.82 Å². The Hall–Kier alpha value is -2.11. The lowest BCUT2D eigenvalue weighted by molar-refractivity contribution is 0.724. The van der Waals surface area contributed by atoms with Crippen LogP contribution in [0.3, 0.4) is 0 Å². The van der Waals surface area contributed by atoms with E-state index < -0.39 is 0 Å². The average molecular weight is 246 g/mol. The van der Waals surface area contributed by atoms with Crippen molar-refractivity contribution in [1.29, 1.82) is 0 Å². The Kier molecular flexibility index (Phi) is 4.11. The molecule has 0 aromatic carbocycles. The molecular weight excluding hydrogens is 228 g/mol. The molecule has 6 heteroatoms. The van der Waals surface area contributed by atoms with Crippen LogP contribution in [0.1, 0.15) is 12.5 Å². The lowest BCUT2D eigenvalue weighted by Gasteiger charge is -2.10. The van der Waals surface area contributed by atoms with Crippen LogP contribution >= 0.6 is 0 Å². The summed E-state index contributed by atoms with van der Waals surface area (Å²) in [5.41, 5.74) is 1.04. The molecule has 6 nitrogen and oxygen atoms in total. The average Bonchev–Trinajstić information content (AvgIpc) is 2.86. The topological polar surface area (TPSA) is 67.7 Å². The van der Waals surface area contributed by atoms with Crippen LogP contribution in [0.5, 0.6) is 0 Å². The Labute approximate surface area is 106 Å². The summed E-state index contributed by atoms with van der Waals surface area (Å²) in [6, 6.07) is 0. The van der Waals surface area contributed by atoms with Gasteiger partial charge in [0, 0.05) is 43.8 Å². The Bertz CT molecular complexity index is 479. The molecule has 0 amide bonds. The van der Waals surface area contributed by atoms with Gasteiger partial charge >= 0.3 is 0 Å². The molecule has 18 heavy (non-hydrogen) atoms. The highest BCUT2D eigenvalue weighted by molar-refractivity contribution is 5.46. The third kappa shape index (κ3) is 3.19. The second-order valence-electron chi connectivity index (χ2n) is 3.98. The van der Waals surface area contributed by atoms with Gasteiger partial charge in [-0.3, -0.25) is 0 Å². The number of nitrogens with zero attached hydrogens (tertiary/aromatic N) is 4. The van der Waals surface area contributed by atoms with Gasteiger partial charge in [-0.15, -0.1) is 0 Å². The van der Waals surface area contributed by atoms with Crippen LogP contribution in [0.2, 0.25) is 0 Å². The van der Waals surface area contributed by atoms with E-state index in [1.54, 1.807) is 12.5 Å². The van der Waals surface area contributed by atoms with Crippen LogP contribution < -0.4 is 10.6 Å². The number of rotatable bonds is 6. The van der Waals surface area contributed by atoms with E-state index in [4.69, 9.17) is 0 Å². The molecule has 0 radical (unpaired) electrons. The molecule has 0 aliphatic heterocycles. The minimum absolute atomic E-state index is 0.660. The first-order chi connectivity index (χ1) is 8.79. The van der Waals surface area contributed by atoms with Gasteiger partial charge < -0.3 is 15.2 Å². The zero-order valence-electron chi connectivity index (χ0n) is 10.7. The molecular formula is C12H18N6. The Balaban J connectivity index is 1.93. The van der Waals surface area contributed by atoms with Crippen molar-refractivity contribution in [1.82, 2.24) is 19.5 Å². The SMILES string of the molecule is CCNc1ncc(C)c(NCCn2ccnc2)n1. The predicted molar refractivity (Wildman–Crippen MR) is 71.6 cm³/mol. The van der Waals surface area contributed by atoms with Crippen molar-refractivity contribution in [3.8, 4) is 0 Å². The Morgan fingerprint density at radius 2 is 2.22 bits per heavy atom. The summed E-state index contributed by atoms with van der Waals surface area (Å²) >= 11 is 0. The van der Waals surface area contributed by atoms with Crippen molar-refractivity contribution >= 4 is 11.8 Å². The maximum atomic E-state index is 4.42. The van der Waals surface area contributed by atoms with Crippen LogP contribution in [0.25, 0.3) is 0 Å². The molecule has 0 atom stereocenters. The van der Waals surface area contributed by atoms with Crippen LogP contribution in [0, 0.1) is 6.92 Å². The number of anilines is 2. The van der Waals surface area contributed by atoms with Crippen LogP contribution in [-0.2, 0) is 6.54 Å². The van der Waals surface area contributed by atoms with Crippen molar-refractivity contribution in [3.05, 3.63) is 30.5 Å². The molecule has 0 fully saturated rings. The number of imidazole rings is 1. The molecule has 2 heterocycles. The minimum atomic E-state index is 0.660. The van der Waals surface area contributed by atoms with E-state index in [9.17, 15) is 0 Å². The molecule has 0 aliphatic rings. The zero-order chi connectivity index (χ0) is 12.8. The predicted octanol–water partition coefficient (Wildman–Crippen LogP) is 1.53. The summed E-state index contributed by atoms with van der Waals surface area (Å²) in [6.07, 6.45) is 7.35. The highest BCUT2D eigenvalue weighted by Gasteiger charge is 2.02. The first kappa shape index (κ1) is 12.3. The van der Waals surface area contributed by atoms with Crippen molar-refractivity contribution in [2.24, 2.45) is 0 Å². The third-order valence-corrected chi connectivity index (χ3v) is 2.53. The summed E-state index contributed by atoms with van der Waals surface area (Å²) in [7, 11) is 0. The standard InChI is InChI=1S/C12H18N6/c1-3-14-12-16-8-10(2)11(17-12)15-5-7-18-6-4-13-9-18/h4,6,8-9H,3,5,7H2,1-2H3,(H2,14,15,16,17). The lowest BCUT2D eigenvalue weighted by atomic mass is 10.3. The molecule has 0 saturated heterocycles. The maximum absolute atomic E-state index is 4.42. The van der Waals surface area contributed by atoms with E-state index in [1.807, 2.05) is 30.8 Å². The smallest absolute Gasteiger partial charge is 0.224 e. The fourth-order valence-electron chi connectivity index (χ4n) is 1.59. The normalized spacial score (nSPS) is 10.3. The van der Waals surface area contributed by atoms with Crippen LogP contribution in [0.4, 0.5) is 11.8 Å². The van der Waals surface area contributed by atoms with E-state index in [2.05, 4.69) is 25.6 Å². The molecule has 0 saturated carbocycles. The van der Waals surface area contributed by atoms with Gasteiger partial charge in [0.2, 0.25) is 5.95 Å². The van der Waals surface area contributed by atoms with Gasteiger partial charge in [-0.25, -0.2) is 9.97 Å². The monoisotopic (exact) mass is 246 g/mol. The van der Waals surface area contributed by atoms with Gasteiger partial charge in [0.15, 0.2) is 0 Å². The van der Waals surface area contributed by atoms with E-state index in [0.717, 1.165) is 31.0 Å². The van der Waals surface area contributed by atoms with Gasteiger partial charge in [-0.2, -0.15) is 4.98 Å². The minimum Gasteiger partial charge on any atom is -0.368 e. The number of aryl methyl sites for hydroxylation is 1. The lowest BCUT2D eigenvalue weighted by Crippen LogP contribution is -2.12. The van der Waals surface area contributed by atoms with Crippen LogP contribution in [0.15, 0.2) is 24.9 Å². The summed E-state index contributed by atoms with van der Waals surface area (Å²) in [5.74, 6) is 1.54. The molecule has 96 valence electrons. The quantitative estimate of drug-likeness (QED) is 0.809. The number of hydrogen-bond donors (Lipinski definition) is 2. The Morgan fingerprint density at radius 1 is 1.33 bits per heavy atom. The zero-order valence-corrected chi connectivity index (χ0v) is 10.7. The fourth-order valence-corrected chi connectivity index (χ4v) is 1.59. The van der Waals surface area contributed by atoms with Gasteiger partial charge in [-0.05, 0) is 13.8 Å². The van der Waals surface area contributed by atoms with E-state index in [-0.39, 0.29) is 0 Å². The van der Waals surface area contributed by atoms with Crippen molar-refractivity contribution in [3.63, 3.8) is 0 Å². The second-order valence-corrected chi connectivity index (χ2v) is 3.98. The molecule has 0 bridgehead atoms. The molecule has 2 rings (SSSR count). The first-order valence-corrected chi connectivity index (χ1v) is 6.06. The second kappa shape index (κ2) is 6.00. The maximum Gasteiger partial charge on any atom is 0.224 e. The summed E-state index contributed by atoms with van der Waals surface area (Å²) in [5, 5.41) is 6.41. The summed E-state index contributed by atoms with van der Waals surface area (Å²) in [4.78, 5) is 12.6. The highest BCUT2D eigenvalue weighted by atomic mass is 15.1. The summed E-state index contributed by atoms with van der Waals surface area (Å²) in [6.45, 7) is 6.50. The molecule has 2 aromatic heterocycles. The molecule has 2 aromatic rings. The van der Waals surface area contributed by atoms with Crippen molar-refractivity contribution in [2.75, 3.05) is 23.7 Å². The third-order valence-electron chi connectivity index (χ3n) is 2.53. The van der Waals surface area contributed by atoms with E-state index in [1.165, 1.54) is 0 Å². The summed E-state index contributed by atoms with van der Waals surface area (Å²) < 4.78 is 2.02. The Morgan fingerprint density at radius 3 is 2.94 bits per heavy atom. The van der Waals surface area contributed by atoms with Gasteiger partial charge in [-0.1, -0.05) is 0 Å². The molecule has 0 aliphatic carbocycles. The van der Waals surface area contributed by atoms with E-state index in [0.29, 0.717) is 5.95 Å². The highest BCUT2D eigenvalue weighted by Crippen LogP contribution is 2.11. The van der Waals surface area contributed by atoms with Gasteiger partial charge in [0.25, 0.3) is 0 Å². The fraction of sp³-hybridized carbons (Fsp3) is 0.417. The van der Waals surface area contributed by atoms with Crippen molar-refractivity contribution < 1.29 is 0 Å². The molecule has 0 spiro atoms. The number of nitrogens with one attached hydrogen (secondary N) is 2. The number of aromatic nitrogens is 4. The van der Waals surface area contributed by atoms with Crippen LogP contribution in [-0.4, -0.2) is 32.6 Å². The largest absolute Gasteiger partial charge is 0.368 e. The molecule has 0 unspecified atom stereocenters. The van der Waals surface area contributed by atoms with Gasteiger partial charge in [0.05, 0.1) is 6.33 Å².